The molecule has 2 aromatic carbocycles. The Balaban J connectivity index is 1.62. The second-order valence-electron chi connectivity index (χ2n) is 18.5. The van der Waals surface area contributed by atoms with Gasteiger partial charge in [-0.15, -0.1) is 10.2 Å². The van der Waals surface area contributed by atoms with Crippen molar-refractivity contribution in [1.82, 2.24) is 72.5 Å². The first-order valence-corrected chi connectivity index (χ1v) is 22.6. The van der Waals surface area contributed by atoms with Gasteiger partial charge >= 0.3 is 12.2 Å². The molecule has 26 heteroatoms. The van der Waals surface area contributed by atoms with Crippen molar-refractivity contribution in [2.45, 2.75) is 116 Å². The fourth-order valence-electron chi connectivity index (χ4n) is 7.08. The molecule has 8 N–H and O–H groups in total. The Kier molecular flexibility index (Phi) is 17.5. The summed E-state index contributed by atoms with van der Waals surface area (Å²) >= 11 is 0. The van der Waals surface area contributed by atoms with Gasteiger partial charge in [-0.3, -0.25) is 28.8 Å². The standard InChI is InChI=1S/C46H62N14O12/c1-23-37(61)53-35(41(65)47-9)25-13-15-33(69-11)27(17-25)30-20-60(58-56-30)22-32(52-44(68)72-46(6,7)8)40(64)50-24(2)38(62)54-36(42(66)48-10)26-14-16-34(70-12)28(18-26)29-19-59(57-55-29)21-31(39(63)49-23)51-43(67)71-45(3,4)5/h13-20,23-24,31-32,35-36H,21-22H2,1-12H3,(H,47,65)(H,48,66)(H,49,63)(H,50,64)(H,51,67)(H,52,68)(H,53,61)(H,54,62)/t23-,24-,31+,32+,35+,36+/m1/s1. The van der Waals surface area contributed by atoms with E-state index in [1.165, 1.54) is 100 Å². The third-order valence-electron chi connectivity index (χ3n) is 10.6. The first-order valence-electron chi connectivity index (χ1n) is 22.6. The predicted molar refractivity (Wildman–Crippen MR) is 255 cm³/mol. The molecule has 6 atom stereocenters. The lowest BCUT2D eigenvalue weighted by molar-refractivity contribution is -0.132. The molecule has 0 saturated heterocycles. The molecule has 1 aliphatic heterocycles. The van der Waals surface area contributed by atoms with Crippen LogP contribution in [0.1, 0.15) is 78.6 Å². The van der Waals surface area contributed by atoms with Crippen LogP contribution < -0.4 is 52.0 Å². The number of carbonyl (C=O) groups is 8. The Morgan fingerprint density at radius 3 is 1.26 bits per heavy atom. The molecule has 0 saturated carbocycles. The summed E-state index contributed by atoms with van der Waals surface area (Å²) in [5, 5.41) is 37.5. The first kappa shape index (κ1) is 54.6. The largest absolute Gasteiger partial charge is 0.496 e. The maximum atomic E-state index is 14.0. The zero-order valence-electron chi connectivity index (χ0n) is 42.1. The van der Waals surface area contributed by atoms with Gasteiger partial charge in [0.25, 0.3) is 0 Å². The van der Waals surface area contributed by atoms with Crippen molar-refractivity contribution in [3.05, 3.63) is 59.9 Å². The van der Waals surface area contributed by atoms with Crippen LogP contribution in [0.15, 0.2) is 48.8 Å². The van der Waals surface area contributed by atoms with Gasteiger partial charge in [0, 0.05) is 25.2 Å². The monoisotopic (exact) mass is 1000 g/mol. The molecule has 0 aliphatic carbocycles. The number of hydrogen-bond donors (Lipinski definition) is 8. The molecule has 26 nitrogen and oxygen atoms in total. The fraction of sp³-hybridized carbons (Fsp3) is 0.478. The first-order chi connectivity index (χ1) is 33.8. The molecule has 1 aliphatic rings. The Hall–Kier alpha value is -8.32. The van der Waals surface area contributed by atoms with E-state index in [0.29, 0.717) is 11.1 Å². The van der Waals surface area contributed by atoms with Crippen LogP contribution in [0.5, 0.6) is 11.5 Å². The van der Waals surface area contributed by atoms with Crippen LogP contribution in [-0.4, -0.2) is 141 Å². The highest BCUT2D eigenvalue weighted by atomic mass is 16.6. The van der Waals surface area contributed by atoms with Gasteiger partial charge in [0.05, 0.1) is 39.7 Å². The molecule has 0 unspecified atom stereocenters. The molecule has 0 spiro atoms. The number of hydrogen-bond acceptors (Lipinski definition) is 16. The lowest BCUT2D eigenvalue weighted by atomic mass is 10.0. The third kappa shape index (κ3) is 14.4. The molecule has 3 heterocycles. The number of nitrogens with zero attached hydrogens (tertiary/aromatic N) is 6. The van der Waals surface area contributed by atoms with E-state index >= 15 is 0 Å². The van der Waals surface area contributed by atoms with Gasteiger partial charge < -0.3 is 61.5 Å². The van der Waals surface area contributed by atoms with Crippen molar-refractivity contribution in [2.75, 3.05) is 28.3 Å². The fourth-order valence-corrected chi connectivity index (χ4v) is 7.08. The minimum absolute atomic E-state index is 0.179. The van der Waals surface area contributed by atoms with Crippen molar-refractivity contribution in [3.8, 4) is 34.0 Å². The van der Waals surface area contributed by atoms with E-state index < -0.39 is 95.1 Å². The smallest absolute Gasteiger partial charge is 0.408 e. The lowest BCUT2D eigenvalue weighted by Gasteiger charge is -2.25. The maximum absolute atomic E-state index is 14.0. The Morgan fingerprint density at radius 2 is 0.944 bits per heavy atom. The quantitative estimate of drug-likeness (QED) is 0.131. The summed E-state index contributed by atoms with van der Waals surface area (Å²) in [6.45, 7) is 11.9. The number of carbonyl (C=O) groups excluding carboxylic acids is 8. The Labute approximate surface area is 414 Å². The molecule has 8 amide bonds. The molecule has 2 aromatic heterocycles. The van der Waals surface area contributed by atoms with E-state index in [4.69, 9.17) is 18.9 Å². The molecule has 388 valence electrons. The number of nitrogens with one attached hydrogen (secondary N) is 8. The summed E-state index contributed by atoms with van der Waals surface area (Å²) in [4.78, 5) is 109. The van der Waals surface area contributed by atoms with Gasteiger partial charge in [-0.2, -0.15) is 0 Å². The predicted octanol–water partition coefficient (Wildman–Crippen LogP) is 0.537. The average molecular weight is 1000 g/mol. The van der Waals surface area contributed by atoms with Crippen LogP contribution in [0.3, 0.4) is 0 Å². The number of benzene rings is 2. The molecule has 0 radical (unpaired) electrons. The lowest BCUT2D eigenvalue weighted by Crippen LogP contribution is -2.55. The van der Waals surface area contributed by atoms with Gasteiger partial charge in [0.15, 0.2) is 0 Å². The zero-order valence-corrected chi connectivity index (χ0v) is 42.1. The molecule has 4 aromatic rings. The highest BCUT2D eigenvalue weighted by Crippen LogP contribution is 2.33. The van der Waals surface area contributed by atoms with Crippen molar-refractivity contribution in [2.24, 2.45) is 0 Å². The molecular formula is C46H62N14O12. The van der Waals surface area contributed by atoms with E-state index in [9.17, 15) is 38.4 Å². The van der Waals surface area contributed by atoms with Crippen molar-refractivity contribution in [1.29, 1.82) is 0 Å². The number of amides is 8. The number of alkyl carbamates (subject to hydrolysis) is 2. The van der Waals surface area contributed by atoms with E-state index in [2.05, 4.69) is 63.2 Å². The molecule has 8 bridgehead atoms. The normalized spacial score (nSPS) is 20.3. The summed E-state index contributed by atoms with van der Waals surface area (Å²) in [5.41, 5.74) is -0.447. The minimum atomic E-state index is -1.42. The number of methoxy groups -OCH3 is 2. The Bertz CT molecular complexity index is 2490. The van der Waals surface area contributed by atoms with E-state index in [-0.39, 0.29) is 47.1 Å². The summed E-state index contributed by atoms with van der Waals surface area (Å²) < 4.78 is 24.6. The van der Waals surface area contributed by atoms with Crippen LogP contribution in [0, 0.1) is 0 Å². The number of rotatable bonds is 6. The number of ether oxygens (including phenoxy) is 4. The summed E-state index contributed by atoms with van der Waals surface area (Å²) in [7, 11) is 5.54. The SMILES string of the molecule is CNC(=O)[C@H]1NC(=O)[C@@H](C)NC(=O)[C@@H](NC(=O)OC(C)(C)C)Cn2cc(nn2)-c2cc(ccc2OC)[C@@H](C(=O)NC)NC(=O)[C@@H](C)NC(=O)[C@@H](NC(=O)OC(C)(C)C)Cn2cc(nn2)-c2cc1ccc2OC. The van der Waals surface area contributed by atoms with Crippen molar-refractivity contribution >= 4 is 47.6 Å². The second kappa shape index (κ2) is 23.1. The van der Waals surface area contributed by atoms with Crippen LogP contribution in [-0.2, 0) is 51.3 Å². The van der Waals surface area contributed by atoms with Gasteiger partial charge in [0.1, 0.15) is 70.3 Å². The van der Waals surface area contributed by atoms with Crippen LogP contribution in [0.25, 0.3) is 22.5 Å². The summed E-state index contributed by atoms with van der Waals surface area (Å²) in [5.74, 6) is -3.97. The van der Waals surface area contributed by atoms with Gasteiger partial charge in [0.2, 0.25) is 35.4 Å². The molecular weight excluding hydrogens is 941 g/mol. The van der Waals surface area contributed by atoms with Gasteiger partial charge in [-0.05, 0) is 90.8 Å². The van der Waals surface area contributed by atoms with Crippen LogP contribution in [0.4, 0.5) is 9.59 Å². The van der Waals surface area contributed by atoms with E-state index in [0.717, 1.165) is 0 Å². The molecule has 0 fully saturated rings. The zero-order chi connectivity index (χ0) is 53.2. The van der Waals surface area contributed by atoms with Crippen LogP contribution in [0.2, 0.25) is 0 Å². The van der Waals surface area contributed by atoms with E-state index in [1.807, 2.05) is 0 Å². The minimum Gasteiger partial charge on any atom is -0.496 e. The van der Waals surface area contributed by atoms with E-state index in [1.54, 1.807) is 41.5 Å². The highest BCUT2D eigenvalue weighted by molar-refractivity contribution is 5.95. The number of aromatic nitrogens is 6. The number of likely N-dealkylation sites (N-methyl/N-ethyl adjacent to an activating group) is 2. The third-order valence-corrected chi connectivity index (χ3v) is 10.6. The molecule has 72 heavy (non-hydrogen) atoms. The Morgan fingerprint density at radius 1 is 0.583 bits per heavy atom. The van der Waals surface area contributed by atoms with Gasteiger partial charge in [-0.25, -0.2) is 19.0 Å². The summed E-state index contributed by atoms with van der Waals surface area (Å²) in [6, 6.07) is 1.07. The molecule has 5 rings (SSSR count). The average Bonchev–Trinajstić information content (AvgIpc) is 3.99. The highest BCUT2D eigenvalue weighted by Gasteiger charge is 2.33. The van der Waals surface area contributed by atoms with Gasteiger partial charge in [-0.1, -0.05) is 22.6 Å². The van der Waals surface area contributed by atoms with Crippen molar-refractivity contribution < 1.29 is 57.3 Å². The van der Waals surface area contributed by atoms with Crippen LogP contribution >= 0.6 is 0 Å². The van der Waals surface area contributed by atoms with Crippen molar-refractivity contribution in [3.63, 3.8) is 0 Å². The topological polar surface area (TPSA) is 331 Å². The second-order valence-corrected chi connectivity index (χ2v) is 18.5. The maximum Gasteiger partial charge on any atom is 0.408 e. The summed E-state index contributed by atoms with van der Waals surface area (Å²) in [6.07, 6.45) is 0.965. The number of fused-ring (bicyclic) bond motifs is 10.